The normalized spacial score (nSPS) is 12.6. The Morgan fingerprint density at radius 3 is 2.43 bits per heavy atom. The van der Waals surface area contributed by atoms with Gasteiger partial charge in [0, 0.05) is 26.1 Å². The number of aliphatic imine (C=N–C) groups is 1. The first-order valence-electron chi connectivity index (χ1n) is 10.0. The molecule has 1 atom stereocenters. The molecule has 0 saturated carbocycles. The first-order valence-corrected chi connectivity index (χ1v) is 10.0. The van der Waals surface area contributed by atoms with Gasteiger partial charge in [0.1, 0.15) is 12.2 Å². The number of aryl methyl sites for hydroxylation is 2. The highest BCUT2D eigenvalue weighted by Crippen LogP contribution is 2.13. The summed E-state index contributed by atoms with van der Waals surface area (Å²) in [6, 6.07) is 8.98. The monoisotopic (exact) mass is 498 g/mol. The van der Waals surface area contributed by atoms with Crippen LogP contribution in [0.1, 0.15) is 57.6 Å². The number of halogens is 1. The fraction of sp³-hybridized carbons (Fsp3) is 0.571. The Morgan fingerprint density at radius 1 is 1.11 bits per heavy atom. The highest BCUT2D eigenvalue weighted by atomic mass is 127. The van der Waals surface area contributed by atoms with Crippen LogP contribution < -0.4 is 10.6 Å². The van der Waals surface area contributed by atoms with E-state index in [0.29, 0.717) is 5.92 Å². The Bertz CT molecular complexity index is 708. The minimum atomic E-state index is 0. The lowest BCUT2D eigenvalue weighted by Gasteiger charge is -2.19. The van der Waals surface area contributed by atoms with Crippen LogP contribution in [0.15, 0.2) is 35.6 Å². The zero-order valence-corrected chi connectivity index (χ0v) is 20.1. The lowest BCUT2D eigenvalue weighted by atomic mass is 10.1. The first kappa shape index (κ1) is 24.4. The van der Waals surface area contributed by atoms with Crippen molar-refractivity contribution in [3.63, 3.8) is 0 Å². The minimum Gasteiger partial charge on any atom is -0.355 e. The van der Waals surface area contributed by atoms with Gasteiger partial charge < -0.3 is 15.2 Å². The number of benzene rings is 1. The van der Waals surface area contributed by atoms with E-state index in [2.05, 4.69) is 84.3 Å². The molecule has 0 amide bonds. The summed E-state index contributed by atoms with van der Waals surface area (Å²) in [5.41, 5.74) is 2.62. The summed E-state index contributed by atoms with van der Waals surface area (Å²) >= 11 is 0. The molecule has 1 heterocycles. The summed E-state index contributed by atoms with van der Waals surface area (Å²) < 4.78 is 2.08. The summed E-state index contributed by atoms with van der Waals surface area (Å²) in [5.74, 6) is 2.38. The van der Waals surface area contributed by atoms with E-state index in [4.69, 9.17) is 4.99 Å². The second-order valence-electron chi connectivity index (χ2n) is 7.27. The molecular weight excluding hydrogens is 463 g/mol. The van der Waals surface area contributed by atoms with Crippen molar-refractivity contribution in [3.8, 4) is 0 Å². The summed E-state index contributed by atoms with van der Waals surface area (Å²) in [6.07, 6.45) is 3.74. The van der Waals surface area contributed by atoms with Gasteiger partial charge in [0.25, 0.3) is 0 Å². The molecule has 0 saturated heterocycles. The second kappa shape index (κ2) is 12.7. The van der Waals surface area contributed by atoms with Gasteiger partial charge in [0.05, 0.1) is 6.04 Å². The Morgan fingerprint density at radius 2 is 1.82 bits per heavy atom. The Kier molecular flexibility index (Phi) is 11.1. The SMILES string of the molecule is CCc1ccc(C(C)NC(=NCC(C)C)NCCn2cnnc2CC)cc1.I. The minimum absolute atomic E-state index is 0. The van der Waals surface area contributed by atoms with Crippen molar-refractivity contribution >= 4 is 29.9 Å². The third-order valence-corrected chi connectivity index (χ3v) is 4.51. The molecule has 1 aromatic heterocycles. The number of nitrogens with one attached hydrogen (secondary N) is 2. The number of aromatic nitrogens is 3. The summed E-state index contributed by atoms with van der Waals surface area (Å²) in [6.45, 7) is 13.2. The van der Waals surface area contributed by atoms with Crippen LogP contribution in [-0.4, -0.2) is 33.8 Å². The lowest BCUT2D eigenvalue weighted by molar-refractivity contribution is 0.609. The van der Waals surface area contributed by atoms with Crippen LogP contribution in [0.4, 0.5) is 0 Å². The third-order valence-electron chi connectivity index (χ3n) is 4.51. The molecule has 0 aliphatic carbocycles. The van der Waals surface area contributed by atoms with E-state index in [1.807, 2.05) is 0 Å². The van der Waals surface area contributed by atoms with E-state index in [9.17, 15) is 0 Å². The summed E-state index contributed by atoms with van der Waals surface area (Å²) in [4.78, 5) is 4.74. The number of nitrogens with zero attached hydrogens (tertiary/aromatic N) is 4. The smallest absolute Gasteiger partial charge is 0.191 e. The van der Waals surface area contributed by atoms with Crippen LogP contribution >= 0.6 is 24.0 Å². The van der Waals surface area contributed by atoms with E-state index in [-0.39, 0.29) is 30.0 Å². The highest BCUT2D eigenvalue weighted by molar-refractivity contribution is 14.0. The molecule has 1 unspecified atom stereocenters. The molecular formula is C21H35IN6. The van der Waals surface area contributed by atoms with Crippen molar-refractivity contribution in [2.24, 2.45) is 10.9 Å². The van der Waals surface area contributed by atoms with Gasteiger partial charge in [-0.25, -0.2) is 0 Å². The van der Waals surface area contributed by atoms with Gasteiger partial charge >= 0.3 is 0 Å². The van der Waals surface area contributed by atoms with Crippen molar-refractivity contribution in [2.45, 2.75) is 60.0 Å². The molecule has 156 valence electrons. The van der Waals surface area contributed by atoms with Crippen molar-refractivity contribution in [2.75, 3.05) is 13.1 Å². The van der Waals surface area contributed by atoms with Crippen LogP contribution in [0.3, 0.4) is 0 Å². The highest BCUT2D eigenvalue weighted by Gasteiger charge is 2.09. The maximum Gasteiger partial charge on any atom is 0.191 e. The first-order chi connectivity index (χ1) is 13.0. The predicted molar refractivity (Wildman–Crippen MR) is 127 cm³/mol. The molecule has 2 rings (SSSR count). The summed E-state index contributed by atoms with van der Waals surface area (Å²) in [7, 11) is 0. The fourth-order valence-electron chi connectivity index (χ4n) is 2.79. The maximum atomic E-state index is 4.74. The largest absolute Gasteiger partial charge is 0.355 e. The molecule has 6 nitrogen and oxygen atoms in total. The topological polar surface area (TPSA) is 67.1 Å². The molecule has 2 N–H and O–H groups in total. The lowest BCUT2D eigenvalue weighted by Crippen LogP contribution is -2.40. The average Bonchev–Trinajstić information content (AvgIpc) is 3.13. The van der Waals surface area contributed by atoms with E-state index in [0.717, 1.165) is 44.3 Å². The van der Waals surface area contributed by atoms with Crippen molar-refractivity contribution in [1.82, 2.24) is 25.4 Å². The van der Waals surface area contributed by atoms with Crippen molar-refractivity contribution < 1.29 is 0 Å². The quantitative estimate of drug-likeness (QED) is 0.312. The van der Waals surface area contributed by atoms with Crippen LogP contribution in [0, 0.1) is 5.92 Å². The fourth-order valence-corrected chi connectivity index (χ4v) is 2.79. The van der Waals surface area contributed by atoms with Gasteiger partial charge in [-0.2, -0.15) is 0 Å². The molecule has 0 fully saturated rings. The number of hydrogen-bond donors (Lipinski definition) is 2. The molecule has 2 aromatic rings. The van der Waals surface area contributed by atoms with Gasteiger partial charge in [-0.05, 0) is 30.4 Å². The van der Waals surface area contributed by atoms with Crippen LogP contribution in [0.2, 0.25) is 0 Å². The van der Waals surface area contributed by atoms with Gasteiger partial charge in [-0.3, -0.25) is 4.99 Å². The molecule has 0 spiro atoms. The predicted octanol–water partition coefficient (Wildman–Crippen LogP) is 3.97. The Labute approximate surface area is 186 Å². The maximum absolute atomic E-state index is 4.74. The molecule has 7 heteroatoms. The van der Waals surface area contributed by atoms with Crippen LogP contribution in [0.25, 0.3) is 0 Å². The molecule has 0 aliphatic heterocycles. The van der Waals surface area contributed by atoms with E-state index >= 15 is 0 Å². The number of guanidine groups is 1. The molecule has 1 aromatic carbocycles. The van der Waals surface area contributed by atoms with E-state index in [1.165, 1.54) is 11.1 Å². The average molecular weight is 498 g/mol. The zero-order valence-electron chi connectivity index (χ0n) is 17.8. The van der Waals surface area contributed by atoms with Gasteiger partial charge in [0.15, 0.2) is 5.96 Å². The van der Waals surface area contributed by atoms with Crippen molar-refractivity contribution in [3.05, 3.63) is 47.5 Å². The molecule has 0 radical (unpaired) electrons. The Hall–Kier alpha value is -1.64. The second-order valence-corrected chi connectivity index (χ2v) is 7.27. The molecule has 28 heavy (non-hydrogen) atoms. The summed E-state index contributed by atoms with van der Waals surface area (Å²) in [5, 5.41) is 15.1. The van der Waals surface area contributed by atoms with Gasteiger partial charge in [0.2, 0.25) is 0 Å². The van der Waals surface area contributed by atoms with Gasteiger partial charge in [-0.15, -0.1) is 34.2 Å². The number of rotatable bonds is 9. The van der Waals surface area contributed by atoms with E-state index < -0.39 is 0 Å². The Balaban J connectivity index is 0.00000392. The van der Waals surface area contributed by atoms with Crippen LogP contribution in [-0.2, 0) is 19.4 Å². The zero-order chi connectivity index (χ0) is 19.6. The number of hydrogen-bond acceptors (Lipinski definition) is 3. The molecule has 0 bridgehead atoms. The van der Waals surface area contributed by atoms with Gasteiger partial charge in [-0.1, -0.05) is 52.0 Å². The molecule has 0 aliphatic rings. The standard InChI is InChI=1S/C21H34N6.HI/c1-6-18-8-10-19(11-9-18)17(5)25-21(23-14-16(3)4)22-12-13-27-15-24-26-20(27)7-2;/h8-11,15-17H,6-7,12-14H2,1-5H3,(H2,22,23,25);1H. The van der Waals surface area contributed by atoms with E-state index in [1.54, 1.807) is 6.33 Å². The van der Waals surface area contributed by atoms with Crippen LogP contribution in [0.5, 0.6) is 0 Å². The van der Waals surface area contributed by atoms with Crippen molar-refractivity contribution in [1.29, 1.82) is 0 Å². The third kappa shape index (κ3) is 7.77.